The molecule has 2 fully saturated rings. The molecule has 9 nitrogen and oxygen atoms in total. The lowest BCUT2D eigenvalue weighted by atomic mass is 9.55. The SMILES string of the molecule is CC(C)(C)OC(=O)N1CC[C@@]2(CCC2C(COS(C)(=O)=O)COS(C)(=O)=O)C1. The van der Waals surface area contributed by atoms with Crippen LogP contribution >= 0.6 is 0 Å². The van der Waals surface area contributed by atoms with Crippen molar-refractivity contribution in [3.8, 4) is 0 Å². The van der Waals surface area contributed by atoms with Crippen LogP contribution in [0.2, 0.25) is 0 Å². The number of ether oxygens (including phenoxy) is 1. The van der Waals surface area contributed by atoms with Gasteiger partial charge in [-0.05, 0) is 51.4 Å². The minimum atomic E-state index is -3.66. The Hall–Kier alpha value is -0.910. The van der Waals surface area contributed by atoms with Crippen LogP contribution in [0.1, 0.15) is 40.0 Å². The molecular formula is C17H31NO8S2. The van der Waals surface area contributed by atoms with E-state index in [4.69, 9.17) is 13.1 Å². The number of amides is 1. The van der Waals surface area contributed by atoms with Crippen LogP contribution in [0, 0.1) is 17.3 Å². The van der Waals surface area contributed by atoms with Gasteiger partial charge in [0.1, 0.15) is 5.60 Å². The van der Waals surface area contributed by atoms with Gasteiger partial charge in [0.15, 0.2) is 0 Å². The highest BCUT2D eigenvalue weighted by Crippen LogP contribution is 2.56. The molecule has 1 saturated carbocycles. The highest BCUT2D eigenvalue weighted by Gasteiger charge is 2.54. The first kappa shape index (κ1) is 23.4. The van der Waals surface area contributed by atoms with Crippen molar-refractivity contribution in [2.45, 2.75) is 45.6 Å². The molecule has 1 saturated heterocycles. The second kappa shape index (κ2) is 8.08. The maximum atomic E-state index is 12.4. The average Bonchev–Trinajstić information content (AvgIpc) is 2.93. The summed E-state index contributed by atoms with van der Waals surface area (Å²) in [7, 11) is -7.32. The van der Waals surface area contributed by atoms with Crippen LogP contribution < -0.4 is 0 Å². The molecule has 1 aliphatic carbocycles. The fraction of sp³-hybridized carbons (Fsp3) is 0.941. The number of carbonyl (C=O) groups is 1. The van der Waals surface area contributed by atoms with E-state index in [1.54, 1.807) is 4.90 Å². The van der Waals surface area contributed by atoms with E-state index in [0.717, 1.165) is 31.8 Å². The van der Waals surface area contributed by atoms with E-state index in [-0.39, 0.29) is 30.6 Å². The van der Waals surface area contributed by atoms with E-state index >= 15 is 0 Å². The summed E-state index contributed by atoms with van der Waals surface area (Å²) < 4.78 is 60.9. The average molecular weight is 442 g/mol. The summed E-state index contributed by atoms with van der Waals surface area (Å²) in [6.07, 6.45) is 3.98. The Morgan fingerprint density at radius 2 is 1.61 bits per heavy atom. The zero-order chi connectivity index (χ0) is 21.4. The van der Waals surface area contributed by atoms with Crippen LogP contribution in [-0.2, 0) is 33.3 Å². The molecule has 0 bridgehead atoms. The quantitative estimate of drug-likeness (QED) is 0.547. The van der Waals surface area contributed by atoms with Crippen molar-refractivity contribution < 1.29 is 34.7 Å². The Morgan fingerprint density at radius 1 is 1.07 bits per heavy atom. The minimum absolute atomic E-state index is 0.00318. The van der Waals surface area contributed by atoms with Crippen molar-refractivity contribution in [3.05, 3.63) is 0 Å². The van der Waals surface area contributed by atoms with Gasteiger partial charge in [0.25, 0.3) is 20.2 Å². The van der Waals surface area contributed by atoms with Crippen LogP contribution in [0.4, 0.5) is 4.79 Å². The van der Waals surface area contributed by atoms with Crippen molar-refractivity contribution in [2.24, 2.45) is 17.3 Å². The Balaban J connectivity index is 2.08. The van der Waals surface area contributed by atoms with Gasteiger partial charge >= 0.3 is 6.09 Å². The standard InChI is InChI=1S/C17H31NO8S2/c1-16(2,3)26-15(19)18-9-8-17(12-18)7-6-14(17)13(10-24-27(4,20)21)11-25-28(5,22)23/h13-14H,6-12H2,1-5H3/t14?,17-/m0/s1. The van der Waals surface area contributed by atoms with Gasteiger partial charge in [-0.2, -0.15) is 16.8 Å². The second-order valence-corrected chi connectivity index (χ2v) is 12.2. The van der Waals surface area contributed by atoms with Crippen molar-refractivity contribution in [1.29, 1.82) is 0 Å². The lowest BCUT2D eigenvalue weighted by molar-refractivity contribution is -0.0364. The fourth-order valence-corrected chi connectivity index (χ4v) is 4.89. The van der Waals surface area contributed by atoms with Gasteiger partial charge < -0.3 is 9.64 Å². The summed E-state index contributed by atoms with van der Waals surface area (Å²) in [6.45, 7) is 6.19. The number of rotatable bonds is 7. The monoisotopic (exact) mass is 441 g/mol. The summed E-state index contributed by atoms with van der Waals surface area (Å²) in [5, 5.41) is 0. The van der Waals surface area contributed by atoms with E-state index in [9.17, 15) is 21.6 Å². The molecule has 2 aliphatic rings. The van der Waals surface area contributed by atoms with E-state index in [0.29, 0.717) is 13.1 Å². The van der Waals surface area contributed by atoms with Crippen LogP contribution in [0.3, 0.4) is 0 Å². The first-order valence-corrected chi connectivity index (χ1v) is 12.9. The molecule has 1 unspecified atom stereocenters. The number of nitrogens with zero attached hydrogens (tertiary/aromatic N) is 1. The Bertz CT molecular complexity index is 750. The topological polar surface area (TPSA) is 116 Å². The van der Waals surface area contributed by atoms with Gasteiger partial charge in [-0.15, -0.1) is 0 Å². The summed E-state index contributed by atoms with van der Waals surface area (Å²) in [6, 6.07) is 0. The van der Waals surface area contributed by atoms with Crippen molar-refractivity contribution in [3.63, 3.8) is 0 Å². The van der Waals surface area contributed by atoms with Crippen LogP contribution in [0.5, 0.6) is 0 Å². The predicted molar refractivity (Wildman–Crippen MR) is 103 cm³/mol. The normalized spacial score (nSPS) is 25.9. The molecule has 0 radical (unpaired) electrons. The largest absolute Gasteiger partial charge is 0.444 e. The highest BCUT2D eigenvalue weighted by molar-refractivity contribution is 7.86. The molecule has 2 rings (SSSR count). The fourth-order valence-electron chi connectivity index (χ4n) is 4.04. The minimum Gasteiger partial charge on any atom is -0.444 e. The van der Waals surface area contributed by atoms with E-state index in [1.807, 2.05) is 20.8 Å². The molecule has 11 heteroatoms. The molecule has 0 aromatic rings. The number of hydrogen-bond donors (Lipinski definition) is 0. The van der Waals surface area contributed by atoms with Crippen molar-refractivity contribution in [1.82, 2.24) is 4.90 Å². The second-order valence-electron chi connectivity index (χ2n) is 8.90. The molecule has 1 heterocycles. The molecule has 1 spiro atoms. The van der Waals surface area contributed by atoms with Gasteiger partial charge in [0.05, 0.1) is 25.7 Å². The molecular weight excluding hydrogens is 410 g/mol. The van der Waals surface area contributed by atoms with Gasteiger partial charge in [0.2, 0.25) is 0 Å². The van der Waals surface area contributed by atoms with Gasteiger partial charge in [-0.25, -0.2) is 4.79 Å². The number of likely N-dealkylation sites (tertiary alicyclic amines) is 1. The van der Waals surface area contributed by atoms with Gasteiger partial charge in [-0.3, -0.25) is 8.37 Å². The zero-order valence-electron chi connectivity index (χ0n) is 17.1. The third-order valence-corrected chi connectivity index (χ3v) is 6.47. The smallest absolute Gasteiger partial charge is 0.410 e. The third kappa shape index (κ3) is 6.57. The number of carbonyl (C=O) groups excluding carboxylic acids is 1. The Kier molecular flexibility index (Phi) is 6.74. The summed E-state index contributed by atoms with van der Waals surface area (Å²) in [5.74, 6) is -0.403. The van der Waals surface area contributed by atoms with Gasteiger partial charge in [-0.1, -0.05) is 0 Å². The Labute approximate surface area is 167 Å². The third-order valence-electron chi connectivity index (χ3n) is 5.34. The molecule has 28 heavy (non-hydrogen) atoms. The van der Waals surface area contributed by atoms with E-state index in [1.165, 1.54) is 0 Å². The first-order chi connectivity index (χ1) is 12.6. The summed E-state index contributed by atoms with van der Waals surface area (Å²) >= 11 is 0. The Morgan fingerprint density at radius 3 is 2.00 bits per heavy atom. The summed E-state index contributed by atoms with van der Waals surface area (Å²) in [4.78, 5) is 14.0. The maximum absolute atomic E-state index is 12.4. The van der Waals surface area contributed by atoms with Crippen LogP contribution in [0.15, 0.2) is 0 Å². The van der Waals surface area contributed by atoms with Crippen LogP contribution in [0.25, 0.3) is 0 Å². The number of hydrogen-bond acceptors (Lipinski definition) is 8. The molecule has 164 valence electrons. The lowest BCUT2D eigenvalue weighted by Gasteiger charge is -2.50. The van der Waals surface area contributed by atoms with Gasteiger partial charge in [0, 0.05) is 19.0 Å². The van der Waals surface area contributed by atoms with Crippen molar-refractivity contribution in [2.75, 3.05) is 38.8 Å². The molecule has 0 aromatic carbocycles. The molecule has 1 aliphatic heterocycles. The lowest BCUT2D eigenvalue weighted by Crippen LogP contribution is -2.49. The highest BCUT2D eigenvalue weighted by atomic mass is 32.2. The first-order valence-electron chi connectivity index (χ1n) is 9.27. The summed E-state index contributed by atoms with van der Waals surface area (Å²) in [5.41, 5.74) is -0.773. The zero-order valence-corrected chi connectivity index (χ0v) is 18.8. The maximum Gasteiger partial charge on any atom is 0.410 e. The molecule has 0 aromatic heterocycles. The van der Waals surface area contributed by atoms with Crippen LogP contribution in [-0.4, -0.2) is 72.2 Å². The molecule has 1 amide bonds. The van der Waals surface area contributed by atoms with Crippen molar-refractivity contribution >= 4 is 26.3 Å². The van der Waals surface area contributed by atoms with E-state index < -0.39 is 31.8 Å². The molecule has 2 atom stereocenters. The van der Waals surface area contributed by atoms with E-state index in [2.05, 4.69) is 0 Å². The predicted octanol–water partition coefficient (Wildman–Crippen LogP) is 1.59. The molecule has 0 N–H and O–H groups in total.